The molecule has 132 valence electrons. The largest absolute Gasteiger partial charge is 0.465 e. The predicted molar refractivity (Wildman–Crippen MR) is 94.7 cm³/mol. The second-order valence-electron chi connectivity index (χ2n) is 6.05. The summed E-state index contributed by atoms with van der Waals surface area (Å²) < 4.78 is 15.6. The van der Waals surface area contributed by atoms with Gasteiger partial charge in [-0.1, -0.05) is 19.9 Å². The first-order valence-electron chi connectivity index (χ1n) is 7.90. The molecule has 0 unspecified atom stereocenters. The van der Waals surface area contributed by atoms with Crippen LogP contribution in [-0.2, 0) is 11.2 Å². The number of fused-ring (bicyclic) bond motifs is 1. The van der Waals surface area contributed by atoms with Crippen LogP contribution in [-0.4, -0.2) is 25.8 Å². The summed E-state index contributed by atoms with van der Waals surface area (Å²) >= 11 is 1.31. The van der Waals surface area contributed by atoms with E-state index in [1.54, 1.807) is 18.2 Å². The Morgan fingerprint density at radius 3 is 2.84 bits per heavy atom. The maximum Gasteiger partial charge on any atom is 0.341 e. The van der Waals surface area contributed by atoms with Crippen molar-refractivity contribution in [3.63, 3.8) is 0 Å². The SMILES string of the molecule is COC(=O)c1c(CC(C)C)csc1NC(=O)c1cccc2c1OCO2. The molecule has 0 bridgehead atoms. The monoisotopic (exact) mass is 361 g/mol. The van der Waals surface area contributed by atoms with Gasteiger partial charge in [-0.2, -0.15) is 0 Å². The topological polar surface area (TPSA) is 73.9 Å². The molecule has 2 aromatic rings. The summed E-state index contributed by atoms with van der Waals surface area (Å²) in [7, 11) is 1.33. The van der Waals surface area contributed by atoms with Crippen molar-refractivity contribution in [1.82, 2.24) is 0 Å². The quantitative estimate of drug-likeness (QED) is 0.822. The third kappa shape index (κ3) is 3.46. The first-order valence-corrected chi connectivity index (χ1v) is 8.77. The van der Waals surface area contributed by atoms with Crippen LogP contribution >= 0.6 is 11.3 Å². The number of carbonyl (C=O) groups is 2. The smallest absolute Gasteiger partial charge is 0.341 e. The lowest BCUT2D eigenvalue weighted by Gasteiger charge is -2.10. The Labute approximate surface area is 149 Å². The lowest BCUT2D eigenvalue weighted by molar-refractivity contribution is 0.0601. The molecule has 7 heteroatoms. The Morgan fingerprint density at radius 2 is 2.12 bits per heavy atom. The fraction of sp³-hybridized carbons (Fsp3) is 0.333. The molecule has 1 aliphatic heterocycles. The van der Waals surface area contributed by atoms with Gasteiger partial charge in [0.15, 0.2) is 11.5 Å². The highest BCUT2D eigenvalue weighted by Gasteiger charge is 2.25. The Kier molecular flexibility index (Phi) is 4.94. The third-order valence-corrected chi connectivity index (χ3v) is 4.70. The van der Waals surface area contributed by atoms with Gasteiger partial charge in [-0.25, -0.2) is 4.79 Å². The van der Waals surface area contributed by atoms with Gasteiger partial charge in [0.05, 0.1) is 18.2 Å². The second kappa shape index (κ2) is 7.14. The number of para-hydroxylation sites is 1. The fourth-order valence-electron chi connectivity index (χ4n) is 2.68. The number of benzene rings is 1. The molecule has 0 spiro atoms. The highest BCUT2D eigenvalue weighted by atomic mass is 32.1. The highest BCUT2D eigenvalue weighted by Crippen LogP contribution is 2.37. The van der Waals surface area contributed by atoms with E-state index in [2.05, 4.69) is 19.2 Å². The number of amides is 1. The van der Waals surface area contributed by atoms with Crippen LogP contribution in [0.15, 0.2) is 23.6 Å². The highest BCUT2D eigenvalue weighted by molar-refractivity contribution is 7.15. The number of carbonyl (C=O) groups excluding carboxylic acids is 2. The van der Waals surface area contributed by atoms with Crippen molar-refractivity contribution in [2.24, 2.45) is 5.92 Å². The number of nitrogens with one attached hydrogen (secondary N) is 1. The van der Waals surface area contributed by atoms with Gasteiger partial charge in [-0.05, 0) is 35.4 Å². The first-order chi connectivity index (χ1) is 12.0. The molecule has 1 amide bonds. The van der Waals surface area contributed by atoms with E-state index in [4.69, 9.17) is 14.2 Å². The Hall–Kier alpha value is -2.54. The molecule has 6 nitrogen and oxygen atoms in total. The van der Waals surface area contributed by atoms with E-state index in [0.29, 0.717) is 33.5 Å². The standard InChI is InChI=1S/C18H19NO5S/c1-10(2)7-11-8-25-17(14(11)18(21)22-3)19-16(20)12-5-4-6-13-15(12)24-9-23-13/h4-6,8,10H,7,9H2,1-3H3,(H,19,20). The molecule has 0 fully saturated rings. The van der Waals surface area contributed by atoms with E-state index in [1.807, 2.05) is 5.38 Å². The van der Waals surface area contributed by atoms with Gasteiger partial charge >= 0.3 is 5.97 Å². The predicted octanol–water partition coefficient (Wildman–Crippen LogP) is 3.71. The molecule has 1 aromatic heterocycles. The van der Waals surface area contributed by atoms with Crippen LogP contribution in [0.3, 0.4) is 0 Å². The molecule has 25 heavy (non-hydrogen) atoms. The molecular formula is C18H19NO5S. The van der Waals surface area contributed by atoms with Crippen LogP contribution in [0.5, 0.6) is 11.5 Å². The maximum atomic E-state index is 12.7. The van der Waals surface area contributed by atoms with E-state index >= 15 is 0 Å². The van der Waals surface area contributed by atoms with Crippen molar-refractivity contribution in [3.05, 3.63) is 40.3 Å². The van der Waals surface area contributed by atoms with Crippen molar-refractivity contribution in [2.45, 2.75) is 20.3 Å². The zero-order valence-corrected chi connectivity index (χ0v) is 15.1. The van der Waals surface area contributed by atoms with Crippen LogP contribution in [0.4, 0.5) is 5.00 Å². The van der Waals surface area contributed by atoms with Gasteiger partial charge in [-0.3, -0.25) is 4.79 Å². The lowest BCUT2D eigenvalue weighted by atomic mass is 10.0. The van der Waals surface area contributed by atoms with Crippen LogP contribution in [0.25, 0.3) is 0 Å². The molecule has 2 heterocycles. The van der Waals surface area contributed by atoms with E-state index in [9.17, 15) is 9.59 Å². The fourth-order valence-corrected chi connectivity index (χ4v) is 3.64. The molecule has 1 aromatic carbocycles. The van der Waals surface area contributed by atoms with Crippen LogP contribution in [0.1, 0.15) is 40.1 Å². The first kappa shape index (κ1) is 17.3. The number of thiophene rings is 1. The summed E-state index contributed by atoms with van der Waals surface area (Å²) in [6.07, 6.45) is 0.731. The average Bonchev–Trinajstić information content (AvgIpc) is 3.20. The van der Waals surface area contributed by atoms with Gasteiger partial charge in [0, 0.05) is 0 Å². The third-order valence-electron chi connectivity index (χ3n) is 3.75. The van der Waals surface area contributed by atoms with Crippen molar-refractivity contribution in [2.75, 3.05) is 19.2 Å². The zero-order valence-electron chi connectivity index (χ0n) is 14.3. The molecule has 1 aliphatic rings. The molecule has 0 radical (unpaired) electrons. The number of rotatable bonds is 5. The van der Waals surface area contributed by atoms with Gasteiger partial charge < -0.3 is 19.5 Å². The summed E-state index contributed by atoms with van der Waals surface area (Å²) in [5, 5.41) is 5.17. The lowest BCUT2D eigenvalue weighted by Crippen LogP contribution is -2.15. The van der Waals surface area contributed by atoms with Crippen LogP contribution < -0.4 is 14.8 Å². The number of methoxy groups -OCH3 is 1. The van der Waals surface area contributed by atoms with E-state index < -0.39 is 5.97 Å². The molecule has 0 atom stereocenters. The molecule has 0 aliphatic carbocycles. The van der Waals surface area contributed by atoms with Gasteiger partial charge in [-0.15, -0.1) is 11.3 Å². The van der Waals surface area contributed by atoms with Crippen LogP contribution in [0, 0.1) is 5.92 Å². The molecular weight excluding hydrogens is 342 g/mol. The van der Waals surface area contributed by atoms with Crippen molar-refractivity contribution in [1.29, 1.82) is 0 Å². The summed E-state index contributed by atoms with van der Waals surface area (Å²) in [5.74, 6) is 0.520. The minimum absolute atomic E-state index is 0.0879. The minimum Gasteiger partial charge on any atom is -0.465 e. The number of ether oxygens (including phenoxy) is 3. The van der Waals surface area contributed by atoms with E-state index in [0.717, 1.165) is 12.0 Å². The van der Waals surface area contributed by atoms with E-state index in [-0.39, 0.29) is 12.7 Å². The minimum atomic E-state index is -0.454. The van der Waals surface area contributed by atoms with Crippen LogP contribution in [0.2, 0.25) is 0 Å². The summed E-state index contributed by atoms with van der Waals surface area (Å²) in [6.45, 7) is 4.23. The van der Waals surface area contributed by atoms with E-state index in [1.165, 1.54) is 18.4 Å². The summed E-state index contributed by atoms with van der Waals surface area (Å²) in [4.78, 5) is 24.9. The van der Waals surface area contributed by atoms with Crippen molar-refractivity contribution in [3.8, 4) is 11.5 Å². The number of hydrogen-bond donors (Lipinski definition) is 1. The van der Waals surface area contributed by atoms with Gasteiger partial charge in [0.25, 0.3) is 5.91 Å². The number of anilines is 1. The average molecular weight is 361 g/mol. The molecule has 0 saturated heterocycles. The summed E-state index contributed by atoms with van der Waals surface area (Å²) in [5.41, 5.74) is 1.66. The van der Waals surface area contributed by atoms with Gasteiger partial charge in [0.1, 0.15) is 5.00 Å². The molecule has 3 rings (SSSR count). The van der Waals surface area contributed by atoms with Gasteiger partial charge in [0.2, 0.25) is 6.79 Å². The number of hydrogen-bond acceptors (Lipinski definition) is 6. The molecule has 1 N–H and O–H groups in total. The summed E-state index contributed by atoms with van der Waals surface area (Å²) in [6, 6.07) is 5.12. The van der Waals surface area contributed by atoms with Crippen molar-refractivity contribution < 1.29 is 23.8 Å². The Bertz CT molecular complexity index is 812. The zero-order chi connectivity index (χ0) is 18.0. The number of esters is 1. The Balaban J connectivity index is 1.90. The molecule has 0 saturated carbocycles. The second-order valence-corrected chi connectivity index (χ2v) is 6.93. The Morgan fingerprint density at radius 1 is 1.32 bits per heavy atom. The normalized spacial score (nSPS) is 12.3. The van der Waals surface area contributed by atoms with Crippen molar-refractivity contribution >= 4 is 28.2 Å². The maximum absolute atomic E-state index is 12.7.